The molecule has 4 aromatic rings. The Morgan fingerprint density at radius 3 is 1.84 bits per heavy atom. The van der Waals surface area contributed by atoms with Crippen molar-refractivity contribution in [2.24, 2.45) is 0 Å². The molecule has 2 heteroatoms. The maximum absolute atomic E-state index is 3.47. The van der Waals surface area contributed by atoms with E-state index in [4.69, 9.17) is 0 Å². The lowest BCUT2D eigenvalue weighted by atomic mass is 9.86. The number of aromatic nitrogens is 2. The first-order chi connectivity index (χ1) is 12.4. The molecule has 0 unspecified atom stereocenters. The molecule has 4 rings (SSSR count). The number of benzene rings is 2. The van der Waals surface area contributed by atoms with Crippen LogP contribution in [0.1, 0.15) is 56.1 Å². The van der Waals surface area contributed by atoms with Gasteiger partial charge in [0.1, 0.15) is 0 Å². The van der Waals surface area contributed by atoms with Gasteiger partial charge in [0, 0.05) is 40.1 Å². The van der Waals surface area contributed by atoms with Crippen LogP contribution in [0.25, 0.3) is 21.8 Å². The highest BCUT2D eigenvalue weighted by molar-refractivity contribution is 5.88. The van der Waals surface area contributed by atoms with Crippen LogP contribution in [-0.2, 0) is 0 Å². The van der Waals surface area contributed by atoms with Crippen molar-refractivity contribution in [1.82, 2.24) is 9.97 Å². The van der Waals surface area contributed by atoms with E-state index in [9.17, 15) is 0 Å². The third kappa shape index (κ3) is 3.09. The van der Waals surface area contributed by atoms with Crippen molar-refractivity contribution in [3.05, 3.63) is 72.1 Å². The summed E-state index contributed by atoms with van der Waals surface area (Å²) in [5.41, 5.74) is 5.32. The zero-order valence-electron chi connectivity index (χ0n) is 14.9. The second kappa shape index (κ2) is 7.18. The smallest absolute Gasteiger partial charge is 0.0457 e. The Morgan fingerprint density at radius 2 is 1.28 bits per heavy atom. The van der Waals surface area contributed by atoms with Crippen LogP contribution in [0, 0.1) is 0 Å². The van der Waals surface area contributed by atoms with Gasteiger partial charge in [0.25, 0.3) is 0 Å². The van der Waals surface area contributed by atoms with E-state index >= 15 is 0 Å². The third-order valence-electron chi connectivity index (χ3n) is 5.34. The largest absolute Gasteiger partial charge is 0.361 e. The van der Waals surface area contributed by atoms with Crippen molar-refractivity contribution in [1.29, 1.82) is 0 Å². The van der Waals surface area contributed by atoms with Crippen LogP contribution in [0.15, 0.2) is 60.9 Å². The molecule has 0 aliphatic carbocycles. The molecule has 0 bridgehead atoms. The van der Waals surface area contributed by atoms with Crippen LogP contribution in [0.2, 0.25) is 0 Å². The molecule has 2 aromatic carbocycles. The van der Waals surface area contributed by atoms with Gasteiger partial charge in [-0.2, -0.15) is 0 Å². The first-order valence-electron chi connectivity index (χ1n) is 9.50. The van der Waals surface area contributed by atoms with Gasteiger partial charge >= 0.3 is 0 Å². The highest BCUT2D eigenvalue weighted by Crippen LogP contribution is 2.38. The van der Waals surface area contributed by atoms with Crippen LogP contribution in [0.3, 0.4) is 0 Å². The summed E-state index contributed by atoms with van der Waals surface area (Å²) in [4.78, 5) is 6.94. The Kier molecular flexibility index (Phi) is 4.60. The molecule has 25 heavy (non-hydrogen) atoms. The van der Waals surface area contributed by atoms with E-state index in [-0.39, 0.29) is 0 Å². The van der Waals surface area contributed by atoms with Crippen LogP contribution in [-0.4, -0.2) is 9.97 Å². The molecule has 0 aliphatic heterocycles. The molecule has 0 fully saturated rings. The Hall–Kier alpha value is -2.48. The summed E-state index contributed by atoms with van der Waals surface area (Å²) >= 11 is 0. The Labute approximate surface area is 149 Å². The van der Waals surface area contributed by atoms with Crippen LogP contribution < -0.4 is 0 Å². The fraction of sp³-hybridized carbons (Fsp3) is 0.304. The molecule has 0 aliphatic rings. The first kappa shape index (κ1) is 16.0. The molecule has 0 spiro atoms. The summed E-state index contributed by atoms with van der Waals surface area (Å²) in [7, 11) is 0. The van der Waals surface area contributed by atoms with E-state index in [1.165, 1.54) is 65.0 Å². The first-order valence-corrected chi connectivity index (χ1v) is 9.50. The molecular formula is C23H26N2. The predicted molar refractivity (Wildman–Crippen MR) is 107 cm³/mol. The van der Waals surface area contributed by atoms with Gasteiger partial charge in [0.15, 0.2) is 0 Å². The SMILES string of the molecule is CCCCCCC(c1c[nH]c2ccccc12)c1c[nH]c2ccccc12. The topological polar surface area (TPSA) is 31.6 Å². The summed E-state index contributed by atoms with van der Waals surface area (Å²) in [6.07, 6.45) is 10.8. The lowest BCUT2D eigenvalue weighted by molar-refractivity contribution is 0.599. The van der Waals surface area contributed by atoms with Crippen LogP contribution in [0.5, 0.6) is 0 Å². The third-order valence-corrected chi connectivity index (χ3v) is 5.34. The standard InChI is InChI=1S/C23H26N2/c1-2-3-4-5-10-17(20-15-24-22-13-8-6-11-18(20)22)21-16-25-23-14-9-7-12-19(21)23/h6-9,11-17,24-25H,2-5,10H2,1H3. The highest BCUT2D eigenvalue weighted by Gasteiger charge is 2.20. The fourth-order valence-corrected chi connectivity index (χ4v) is 4.02. The average molecular weight is 330 g/mol. The lowest BCUT2D eigenvalue weighted by Gasteiger charge is -2.16. The Morgan fingerprint density at radius 1 is 0.720 bits per heavy atom. The number of rotatable bonds is 7. The van der Waals surface area contributed by atoms with Crippen molar-refractivity contribution in [2.45, 2.75) is 44.9 Å². The zero-order chi connectivity index (χ0) is 17.1. The monoisotopic (exact) mass is 330 g/mol. The average Bonchev–Trinajstić information content (AvgIpc) is 3.27. The minimum Gasteiger partial charge on any atom is -0.361 e. The lowest BCUT2D eigenvalue weighted by Crippen LogP contribution is -2.00. The normalized spacial score (nSPS) is 11.8. The molecule has 2 N–H and O–H groups in total. The Balaban J connectivity index is 1.76. The van der Waals surface area contributed by atoms with Gasteiger partial charge in [0.2, 0.25) is 0 Å². The molecule has 0 amide bonds. The van der Waals surface area contributed by atoms with Crippen LogP contribution >= 0.6 is 0 Å². The second-order valence-electron chi connectivity index (χ2n) is 6.98. The molecule has 0 radical (unpaired) electrons. The summed E-state index contributed by atoms with van der Waals surface area (Å²) in [5, 5.41) is 2.71. The number of H-pyrrole nitrogens is 2. The molecule has 2 heterocycles. The van der Waals surface area contributed by atoms with Gasteiger partial charge in [-0.25, -0.2) is 0 Å². The van der Waals surface area contributed by atoms with E-state index in [0.717, 1.165) is 0 Å². The second-order valence-corrected chi connectivity index (χ2v) is 6.98. The maximum atomic E-state index is 3.47. The van der Waals surface area contributed by atoms with Crippen LogP contribution in [0.4, 0.5) is 0 Å². The fourth-order valence-electron chi connectivity index (χ4n) is 4.02. The quantitative estimate of drug-likeness (QED) is 0.351. The molecule has 2 aromatic heterocycles. The van der Waals surface area contributed by atoms with E-state index < -0.39 is 0 Å². The van der Waals surface area contributed by atoms with Crippen molar-refractivity contribution >= 4 is 21.8 Å². The van der Waals surface area contributed by atoms with Crippen molar-refractivity contribution in [3.63, 3.8) is 0 Å². The van der Waals surface area contributed by atoms with Crippen molar-refractivity contribution in [3.8, 4) is 0 Å². The van der Waals surface area contributed by atoms with Gasteiger partial charge in [-0.05, 0) is 29.7 Å². The van der Waals surface area contributed by atoms with Gasteiger partial charge in [-0.3, -0.25) is 0 Å². The Bertz CT molecular complexity index is 886. The molecular weight excluding hydrogens is 304 g/mol. The van der Waals surface area contributed by atoms with E-state index in [1.54, 1.807) is 0 Å². The summed E-state index contributed by atoms with van der Waals surface area (Å²) < 4.78 is 0. The number of aromatic amines is 2. The van der Waals surface area contributed by atoms with Gasteiger partial charge in [0.05, 0.1) is 0 Å². The number of nitrogens with one attached hydrogen (secondary N) is 2. The molecule has 0 atom stereocenters. The summed E-state index contributed by atoms with van der Waals surface area (Å²) in [5.74, 6) is 0.434. The minimum atomic E-state index is 0.434. The minimum absolute atomic E-state index is 0.434. The van der Waals surface area contributed by atoms with Gasteiger partial charge in [-0.15, -0.1) is 0 Å². The van der Waals surface area contributed by atoms with E-state index in [1.807, 2.05) is 0 Å². The van der Waals surface area contributed by atoms with E-state index in [2.05, 4.69) is 77.8 Å². The maximum Gasteiger partial charge on any atom is 0.0457 e. The summed E-state index contributed by atoms with van der Waals surface area (Å²) in [6.45, 7) is 2.27. The van der Waals surface area contributed by atoms with Gasteiger partial charge in [-0.1, -0.05) is 69.0 Å². The summed E-state index contributed by atoms with van der Waals surface area (Å²) in [6, 6.07) is 17.3. The zero-order valence-corrected chi connectivity index (χ0v) is 14.9. The molecule has 0 saturated carbocycles. The molecule has 128 valence electrons. The van der Waals surface area contributed by atoms with E-state index in [0.29, 0.717) is 5.92 Å². The molecule has 2 nitrogen and oxygen atoms in total. The van der Waals surface area contributed by atoms with Crippen molar-refractivity contribution < 1.29 is 0 Å². The number of unbranched alkanes of at least 4 members (excludes halogenated alkanes) is 3. The number of para-hydroxylation sites is 2. The molecule has 0 saturated heterocycles. The number of hydrogen-bond acceptors (Lipinski definition) is 0. The predicted octanol–water partition coefficient (Wildman–Crippen LogP) is 6.75. The van der Waals surface area contributed by atoms with Crippen molar-refractivity contribution in [2.75, 3.05) is 0 Å². The number of hydrogen-bond donors (Lipinski definition) is 2. The number of fused-ring (bicyclic) bond motifs is 2. The van der Waals surface area contributed by atoms with Gasteiger partial charge < -0.3 is 9.97 Å². The highest BCUT2D eigenvalue weighted by atomic mass is 14.7.